The number of rotatable bonds is 5. The number of hydrogen-bond acceptors (Lipinski definition) is 2. The summed E-state index contributed by atoms with van der Waals surface area (Å²) in [6, 6.07) is 12.9. The van der Waals surface area contributed by atoms with Crippen molar-refractivity contribution in [2.75, 3.05) is 24.2 Å². The summed E-state index contributed by atoms with van der Waals surface area (Å²) in [4.78, 5) is 2.21. The van der Waals surface area contributed by atoms with Crippen LogP contribution in [0.4, 0.5) is 5.69 Å². The van der Waals surface area contributed by atoms with Gasteiger partial charge < -0.3 is 4.90 Å². The molecule has 0 bridgehead atoms. The van der Waals surface area contributed by atoms with Crippen LogP contribution in [0.3, 0.4) is 0 Å². The van der Waals surface area contributed by atoms with Crippen LogP contribution >= 0.6 is 12.6 Å². The average Bonchev–Trinajstić information content (AvgIpc) is 2.49. The van der Waals surface area contributed by atoms with Crippen LogP contribution in [0, 0.1) is 6.92 Å². The van der Waals surface area contributed by atoms with Crippen LogP contribution in [0.2, 0.25) is 0 Å². The Morgan fingerprint density at radius 2 is 1.76 bits per heavy atom. The molecule has 1 heterocycles. The van der Waals surface area contributed by atoms with E-state index in [9.17, 15) is 0 Å². The van der Waals surface area contributed by atoms with Crippen molar-refractivity contribution in [2.24, 2.45) is 7.05 Å². The molecule has 0 N–H and O–H groups in total. The van der Waals surface area contributed by atoms with Gasteiger partial charge >= 0.3 is 0 Å². The van der Waals surface area contributed by atoms with Crippen LogP contribution in [-0.2, 0) is 7.05 Å². The molecule has 1 aromatic carbocycles. The van der Waals surface area contributed by atoms with Crippen LogP contribution in [0.25, 0.3) is 12.2 Å². The molecule has 110 valence electrons. The van der Waals surface area contributed by atoms with Crippen molar-refractivity contribution in [3.8, 4) is 0 Å². The standard InChI is InChI=1S/C18H22N2S/c1-15-14-17(10-11-19(15)2)5-4-16-6-8-18(9-7-16)20(3)12-13-21/h4-11,14H,12-13H2,1-3H3/p+1. The highest BCUT2D eigenvalue weighted by Gasteiger charge is 2.00. The summed E-state index contributed by atoms with van der Waals surface area (Å²) in [5.74, 6) is 0.864. The largest absolute Gasteiger partial charge is 0.374 e. The fraction of sp³-hybridized carbons (Fsp3) is 0.278. The Morgan fingerprint density at radius 3 is 2.38 bits per heavy atom. The van der Waals surface area contributed by atoms with Crippen LogP contribution in [0.1, 0.15) is 16.8 Å². The minimum absolute atomic E-state index is 0.864. The van der Waals surface area contributed by atoms with E-state index in [1.54, 1.807) is 0 Å². The third-order valence-electron chi connectivity index (χ3n) is 3.66. The maximum absolute atomic E-state index is 4.27. The second kappa shape index (κ2) is 7.32. The second-order valence-corrected chi connectivity index (χ2v) is 5.73. The molecule has 2 nitrogen and oxygen atoms in total. The minimum Gasteiger partial charge on any atom is -0.374 e. The summed E-state index contributed by atoms with van der Waals surface area (Å²) in [7, 11) is 4.15. The molecule has 0 unspecified atom stereocenters. The molecule has 0 atom stereocenters. The monoisotopic (exact) mass is 299 g/mol. The van der Waals surface area contributed by atoms with Gasteiger partial charge in [0.1, 0.15) is 7.05 Å². The summed E-state index contributed by atoms with van der Waals surface area (Å²) in [5, 5.41) is 0. The zero-order valence-electron chi connectivity index (χ0n) is 13.0. The molecule has 0 saturated carbocycles. The molecule has 0 radical (unpaired) electrons. The fourth-order valence-electron chi connectivity index (χ4n) is 2.12. The van der Waals surface area contributed by atoms with Crippen molar-refractivity contribution >= 4 is 30.5 Å². The number of hydrogen-bond donors (Lipinski definition) is 1. The van der Waals surface area contributed by atoms with Crippen molar-refractivity contribution in [2.45, 2.75) is 6.92 Å². The van der Waals surface area contributed by atoms with Gasteiger partial charge in [-0.3, -0.25) is 0 Å². The molecule has 0 aliphatic carbocycles. The van der Waals surface area contributed by atoms with Crippen LogP contribution in [-0.4, -0.2) is 19.3 Å². The fourth-order valence-corrected chi connectivity index (χ4v) is 2.42. The number of benzene rings is 1. The van der Waals surface area contributed by atoms with Gasteiger partial charge in [0.25, 0.3) is 0 Å². The number of aryl methyl sites for hydroxylation is 2. The Bertz CT molecular complexity index is 618. The summed E-state index contributed by atoms with van der Waals surface area (Å²) in [5.41, 5.74) is 4.91. The highest BCUT2D eigenvalue weighted by Crippen LogP contribution is 2.15. The summed E-state index contributed by atoms with van der Waals surface area (Å²) in [6.07, 6.45) is 6.39. The number of nitrogens with zero attached hydrogens (tertiary/aromatic N) is 2. The van der Waals surface area contributed by atoms with E-state index in [4.69, 9.17) is 0 Å². The molecule has 0 spiro atoms. The molecule has 0 fully saturated rings. The number of thiol groups is 1. The average molecular weight is 299 g/mol. The SMILES string of the molecule is Cc1cc(/C=C/c2ccc(N(C)CCS)cc2)cc[n+]1C. The van der Waals surface area contributed by atoms with E-state index in [2.05, 4.69) is 97.9 Å². The Balaban J connectivity index is 2.09. The predicted molar refractivity (Wildman–Crippen MR) is 94.8 cm³/mol. The van der Waals surface area contributed by atoms with E-state index in [0.717, 1.165) is 12.3 Å². The van der Waals surface area contributed by atoms with Crippen molar-refractivity contribution in [3.63, 3.8) is 0 Å². The Labute approximate surface area is 133 Å². The Morgan fingerprint density at radius 1 is 1.10 bits per heavy atom. The maximum atomic E-state index is 4.27. The lowest BCUT2D eigenvalue weighted by atomic mass is 10.1. The molecule has 2 rings (SSSR count). The molecule has 2 aromatic rings. The van der Waals surface area contributed by atoms with E-state index in [1.807, 2.05) is 0 Å². The van der Waals surface area contributed by atoms with Crippen molar-refractivity contribution < 1.29 is 4.57 Å². The third-order valence-corrected chi connectivity index (χ3v) is 3.86. The van der Waals surface area contributed by atoms with Crippen molar-refractivity contribution in [3.05, 3.63) is 59.4 Å². The van der Waals surface area contributed by atoms with Crippen LogP contribution in [0.5, 0.6) is 0 Å². The molecule has 0 aliphatic rings. The highest BCUT2D eigenvalue weighted by atomic mass is 32.1. The molecular formula is C18H23N2S+. The lowest BCUT2D eigenvalue weighted by molar-refractivity contribution is -0.677. The molecule has 3 heteroatoms. The smallest absolute Gasteiger partial charge is 0.178 e. The van der Waals surface area contributed by atoms with Gasteiger partial charge in [-0.2, -0.15) is 12.6 Å². The summed E-state index contributed by atoms with van der Waals surface area (Å²) in [6.45, 7) is 3.07. The van der Waals surface area contributed by atoms with Crippen LogP contribution in [0.15, 0.2) is 42.6 Å². The number of anilines is 1. The first-order chi connectivity index (χ1) is 10.1. The topological polar surface area (TPSA) is 7.12 Å². The highest BCUT2D eigenvalue weighted by molar-refractivity contribution is 7.80. The summed E-state index contributed by atoms with van der Waals surface area (Å²) >= 11 is 4.27. The first-order valence-corrected chi connectivity index (χ1v) is 7.80. The predicted octanol–water partition coefficient (Wildman–Crippen LogP) is 3.36. The lowest BCUT2D eigenvalue weighted by Gasteiger charge is -2.17. The molecule has 0 saturated heterocycles. The van der Waals surface area contributed by atoms with E-state index in [-0.39, 0.29) is 0 Å². The van der Waals surface area contributed by atoms with E-state index in [1.165, 1.54) is 22.5 Å². The molecule has 1 aromatic heterocycles. The van der Waals surface area contributed by atoms with Gasteiger partial charge in [0.05, 0.1) is 0 Å². The number of pyridine rings is 1. The van der Waals surface area contributed by atoms with Gasteiger partial charge in [-0.05, 0) is 23.3 Å². The zero-order valence-corrected chi connectivity index (χ0v) is 13.8. The number of aromatic nitrogens is 1. The Kier molecular flexibility index (Phi) is 5.45. The molecule has 0 amide bonds. The van der Waals surface area contributed by atoms with E-state index < -0.39 is 0 Å². The van der Waals surface area contributed by atoms with Gasteiger partial charge in [0.15, 0.2) is 11.9 Å². The lowest BCUT2D eigenvalue weighted by Crippen LogP contribution is -2.30. The van der Waals surface area contributed by atoms with Crippen LogP contribution < -0.4 is 9.47 Å². The zero-order chi connectivity index (χ0) is 15.2. The van der Waals surface area contributed by atoms with Gasteiger partial charge in [-0.1, -0.05) is 24.3 Å². The van der Waals surface area contributed by atoms with Crippen molar-refractivity contribution in [1.82, 2.24) is 0 Å². The first-order valence-electron chi connectivity index (χ1n) is 7.16. The van der Waals surface area contributed by atoms with Gasteiger partial charge in [-0.15, -0.1) is 0 Å². The van der Waals surface area contributed by atoms with Gasteiger partial charge in [-0.25, -0.2) is 4.57 Å². The molecular weight excluding hydrogens is 276 g/mol. The quantitative estimate of drug-likeness (QED) is 0.657. The maximum Gasteiger partial charge on any atom is 0.178 e. The van der Waals surface area contributed by atoms with Gasteiger partial charge in [0, 0.05) is 44.1 Å². The second-order valence-electron chi connectivity index (χ2n) is 5.28. The molecule has 21 heavy (non-hydrogen) atoms. The van der Waals surface area contributed by atoms with E-state index in [0.29, 0.717) is 0 Å². The normalized spacial score (nSPS) is 11.0. The molecule has 0 aliphatic heterocycles. The third kappa shape index (κ3) is 4.36. The van der Waals surface area contributed by atoms with E-state index >= 15 is 0 Å². The first kappa shape index (κ1) is 15.6. The Hall–Kier alpha value is -1.74. The van der Waals surface area contributed by atoms with Crippen molar-refractivity contribution in [1.29, 1.82) is 0 Å². The van der Waals surface area contributed by atoms with Gasteiger partial charge in [0.2, 0.25) is 0 Å². The minimum atomic E-state index is 0.864. The summed E-state index contributed by atoms with van der Waals surface area (Å²) < 4.78 is 2.11.